The van der Waals surface area contributed by atoms with Gasteiger partial charge in [0.2, 0.25) is 11.8 Å². The van der Waals surface area contributed by atoms with Crippen molar-refractivity contribution in [3.05, 3.63) is 0 Å². The van der Waals surface area contributed by atoms with Crippen molar-refractivity contribution < 1.29 is 9.59 Å². The van der Waals surface area contributed by atoms with Gasteiger partial charge in [0.25, 0.3) is 0 Å². The fourth-order valence-corrected chi connectivity index (χ4v) is 4.50. The molecule has 0 aromatic carbocycles. The van der Waals surface area contributed by atoms with Crippen LogP contribution < -0.4 is 5.32 Å². The molecule has 3 rings (SSSR count). The van der Waals surface area contributed by atoms with Crippen molar-refractivity contribution in [1.29, 1.82) is 10.5 Å². The second-order valence-electron chi connectivity index (χ2n) is 5.86. The van der Waals surface area contributed by atoms with Gasteiger partial charge in [-0.3, -0.25) is 14.9 Å². The molecule has 1 heterocycles. The summed E-state index contributed by atoms with van der Waals surface area (Å²) < 4.78 is 0. The van der Waals surface area contributed by atoms with E-state index < -0.39 is 28.1 Å². The Hall–Kier alpha value is -1.88. The van der Waals surface area contributed by atoms with Crippen molar-refractivity contribution >= 4 is 11.8 Å². The van der Waals surface area contributed by atoms with Gasteiger partial charge in [-0.2, -0.15) is 10.5 Å². The molecule has 2 aliphatic carbocycles. The lowest BCUT2D eigenvalue weighted by atomic mass is 9.79. The van der Waals surface area contributed by atoms with Crippen molar-refractivity contribution in [2.24, 2.45) is 16.2 Å². The van der Waals surface area contributed by atoms with Crippen LogP contribution in [0.2, 0.25) is 0 Å². The summed E-state index contributed by atoms with van der Waals surface area (Å²) in [5.41, 5.74) is -3.59. The predicted octanol–water partition coefficient (Wildman–Crippen LogP) is 1.41. The van der Waals surface area contributed by atoms with Crippen LogP contribution in [0.25, 0.3) is 0 Å². The third-order valence-corrected chi connectivity index (χ3v) is 5.39. The number of nitrogens with zero attached hydrogens (tertiary/aromatic N) is 2. The molecule has 0 bridgehead atoms. The highest BCUT2D eigenvalue weighted by Gasteiger charge is 2.97. The molecule has 0 radical (unpaired) electrons. The SMILES string of the molecule is N#C[C@@]12C(=O)NC(=O)[C@]1(C#N)C21CCCCCCC1. The first-order valence-corrected chi connectivity index (χ1v) is 6.81. The molecule has 3 aliphatic rings. The Morgan fingerprint density at radius 1 is 0.842 bits per heavy atom. The number of fused-ring (bicyclic) bond motifs is 3. The van der Waals surface area contributed by atoms with Gasteiger partial charge in [0.1, 0.15) is 0 Å². The minimum absolute atomic E-state index is 0.554. The van der Waals surface area contributed by atoms with E-state index >= 15 is 0 Å². The van der Waals surface area contributed by atoms with E-state index in [1.807, 2.05) is 12.1 Å². The zero-order valence-electron chi connectivity index (χ0n) is 10.7. The molecule has 19 heavy (non-hydrogen) atoms. The second-order valence-corrected chi connectivity index (χ2v) is 5.86. The van der Waals surface area contributed by atoms with Crippen LogP contribution in [0.4, 0.5) is 0 Å². The van der Waals surface area contributed by atoms with Gasteiger partial charge in [-0.1, -0.05) is 32.1 Å². The molecule has 1 aliphatic heterocycles. The zero-order chi connectivity index (χ0) is 13.7. The minimum Gasteiger partial charge on any atom is -0.293 e. The Labute approximate surface area is 111 Å². The second kappa shape index (κ2) is 3.57. The summed E-state index contributed by atoms with van der Waals surface area (Å²) in [4.78, 5) is 24.2. The highest BCUT2D eigenvalue weighted by molar-refractivity contribution is 6.19. The molecule has 0 unspecified atom stereocenters. The summed E-state index contributed by atoms with van der Waals surface area (Å²) in [6.45, 7) is 0. The molecular formula is C14H15N3O2. The average molecular weight is 257 g/mol. The third kappa shape index (κ3) is 0.985. The van der Waals surface area contributed by atoms with E-state index in [4.69, 9.17) is 0 Å². The van der Waals surface area contributed by atoms with E-state index in [0.29, 0.717) is 12.8 Å². The summed E-state index contributed by atoms with van der Waals surface area (Å²) in [7, 11) is 0. The van der Waals surface area contributed by atoms with Crippen LogP contribution in [0.15, 0.2) is 0 Å². The fraction of sp³-hybridized carbons (Fsp3) is 0.714. The number of rotatable bonds is 0. The van der Waals surface area contributed by atoms with Gasteiger partial charge < -0.3 is 0 Å². The van der Waals surface area contributed by atoms with Gasteiger partial charge in [-0.15, -0.1) is 0 Å². The van der Waals surface area contributed by atoms with Gasteiger partial charge in [0.05, 0.1) is 12.1 Å². The van der Waals surface area contributed by atoms with Crippen LogP contribution >= 0.6 is 0 Å². The largest absolute Gasteiger partial charge is 0.293 e. The average Bonchev–Trinajstić information content (AvgIpc) is 2.82. The summed E-state index contributed by atoms with van der Waals surface area (Å²) in [5.74, 6) is -1.11. The van der Waals surface area contributed by atoms with E-state index in [1.165, 1.54) is 0 Å². The highest BCUT2D eigenvalue weighted by atomic mass is 16.2. The van der Waals surface area contributed by atoms with Crippen molar-refractivity contribution in [2.45, 2.75) is 44.9 Å². The number of hydrogen-bond donors (Lipinski definition) is 1. The Balaban J connectivity index is 2.12. The predicted molar refractivity (Wildman–Crippen MR) is 64.0 cm³/mol. The summed E-state index contributed by atoms with van der Waals surface area (Å²) in [5, 5.41) is 21.2. The normalized spacial score (nSPS) is 39.5. The molecule has 3 fully saturated rings. The number of piperidine rings is 1. The molecule has 2 atom stereocenters. The quantitative estimate of drug-likeness (QED) is 0.664. The maximum Gasteiger partial charge on any atom is 0.249 e. The Bertz CT molecular complexity index is 508. The van der Waals surface area contributed by atoms with Crippen LogP contribution in [0.3, 0.4) is 0 Å². The van der Waals surface area contributed by atoms with Gasteiger partial charge >= 0.3 is 0 Å². The number of imide groups is 1. The first-order valence-electron chi connectivity index (χ1n) is 6.81. The van der Waals surface area contributed by atoms with Gasteiger partial charge in [-0.25, -0.2) is 0 Å². The molecule has 1 saturated heterocycles. The van der Waals surface area contributed by atoms with Crippen molar-refractivity contribution in [3.8, 4) is 12.1 Å². The number of carbonyl (C=O) groups excluding carboxylic acids is 2. The molecule has 2 saturated carbocycles. The molecule has 98 valence electrons. The van der Waals surface area contributed by atoms with Gasteiger partial charge in [-0.05, 0) is 12.8 Å². The number of nitriles is 2. The van der Waals surface area contributed by atoms with Crippen LogP contribution in [-0.4, -0.2) is 11.8 Å². The summed E-state index contributed by atoms with van der Waals surface area (Å²) in [6.07, 6.45) is 6.26. The van der Waals surface area contributed by atoms with E-state index in [1.54, 1.807) is 0 Å². The van der Waals surface area contributed by atoms with E-state index in [-0.39, 0.29) is 0 Å². The Kier molecular flexibility index (Phi) is 2.29. The first kappa shape index (κ1) is 12.2. The smallest absolute Gasteiger partial charge is 0.249 e. The van der Waals surface area contributed by atoms with Crippen molar-refractivity contribution in [3.63, 3.8) is 0 Å². The van der Waals surface area contributed by atoms with Crippen LogP contribution in [0, 0.1) is 38.9 Å². The molecular weight excluding hydrogens is 242 g/mol. The van der Waals surface area contributed by atoms with Crippen LogP contribution in [-0.2, 0) is 9.59 Å². The topological polar surface area (TPSA) is 93.8 Å². The maximum atomic E-state index is 12.1. The molecule has 5 nitrogen and oxygen atoms in total. The monoisotopic (exact) mass is 257 g/mol. The molecule has 1 N–H and O–H groups in total. The molecule has 0 aromatic heterocycles. The lowest BCUT2D eigenvalue weighted by molar-refractivity contribution is -0.131. The van der Waals surface area contributed by atoms with Crippen LogP contribution in [0.1, 0.15) is 44.9 Å². The van der Waals surface area contributed by atoms with Gasteiger partial charge in [0, 0.05) is 5.41 Å². The van der Waals surface area contributed by atoms with Crippen molar-refractivity contribution in [1.82, 2.24) is 5.32 Å². The molecule has 2 amide bonds. The zero-order valence-corrected chi connectivity index (χ0v) is 10.7. The standard InChI is InChI=1S/C14H15N3O2/c15-8-13-10(18)17-11(19)14(13,9-16)12(13)6-4-2-1-3-5-7-12/h1-7H2,(H,17,18,19)/t13-,14+. The number of hydrogen-bond acceptors (Lipinski definition) is 4. The van der Waals surface area contributed by atoms with Crippen LogP contribution in [0.5, 0.6) is 0 Å². The Morgan fingerprint density at radius 2 is 1.26 bits per heavy atom. The van der Waals surface area contributed by atoms with E-state index in [0.717, 1.165) is 32.1 Å². The molecule has 0 aromatic rings. The maximum absolute atomic E-state index is 12.1. The number of nitrogens with one attached hydrogen (secondary N) is 1. The minimum atomic E-state index is -1.43. The molecule has 5 heteroatoms. The lowest BCUT2D eigenvalue weighted by Gasteiger charge is -2.24. The fourth-order valence-electron chi connectivity index (χ4n) is 4.50. The van der Waals surface area contributed by atoms with Gasteiger partial charge in [0.15, 0.2) is 10.8 Å². The lowest BCUT2D eigenvalue weighted by Crippen LogP contribution is -2.38. The number of amides is 2. The molecule has 1 spiro atoms. The summed E-state index contributed by atoms with van der Waals surface area (Å²) in [6, 6.07) is 4.08. The highest BCUT2D eigenvalue weighted by Crippen LogP contribution is 2.84. The van der Waals surface area contributed by atoms with E-state index in [9.17, 15) is 20.1 Å². The Morgan fingerprint density at radius 3 is 1.68 bits per heavy atom. The van der Waals surface area contributed by atoms with E-state index in [2.05, 4.69) is 5.32 Å². The van der Waals surface area contributed by atoms with Crippen molar-refractivity contribution in [2.75, 3.05) is 0 Å². The third-order valence-electron chi connectivity index (χ3n) is 5.39. The summed E-state index contributed by atoms with van der Waals surface area (Å²) >= 11 is 0. The first-order chi connectivity index (χ1) is 9.13. The number of carbonyl (C=O) groups is 2.